The Labute approximate surface area is 119 Å². The molecule has 0 radical (unpaired) electrons. The van der Waals surface area contributed by atoms with Crippen LogP contribution in [0.4, 0.5) is 0 Å². The number of hydrogen-bond donors (Lipinski definition) is 2. The van der Waals surface area contributed by atoms with E-state index >= 15 is 0 Å². The molecule has 2 rings (SSSR count). The van der Waals surface area contributed by atoms with Crippen molar-refractivity contribution in [2.75, 3.05) is 13.1 Å². The SMILES string of the molecule is CC(C(=O)O)C1CCN(C(N)CCn2ccnc2)CC1. The number of likely N-dealkylation sites (tertiary alicyclic amines) is 1. The second kappa shape index (κ2) is 6.85. The zero-order chi connectivity index (χ0) is 14.5. The van der Waals surface area contributed by atoms with Gasteiger partial charge in [-0.1, -0.05) is 6.92 Å². The van der Waals surface area contributed by atoms with E-state index in [0.717, 1.165) is 38.9 Å². The summed E-state index contributed by atoms with van der Waals surface area (Å²) in [5.74, 6) is -0.656. The number of carbonyl (C=O) groups is 1. The van der Waals surface area contributed by atoms with Crippen LogP contribution in [0.3, 0.4) is 0 Å². The van der Waals surface area contributed by atoms with E-state index in [2.05, 4.69) is 9.88 Å². The van der Waals surface area contributed by atoms with Crippen LogP contribution in [0.2, 0.25) is 0 Å². The molecular weight excluding hydrogens is 256 g/mol. The second-order valence-electron chi connectivity index (χ2n) is 5.66. The average Bonchev–Trinajstić information content (AvgIpc) is 2.97. The molecule has 2 unspecified atom stereocenters. The molecule has 1 aromatic heterocycles. The van der Waals surface area contributed by atoms with Gasteiger partial charge in [0.25, 0.3) is 0 Å². The highest BCUT2D eigenvalue weighted by Crippen LogP contribution is 2.25. The Bertz CT molecular complexity index is 413. The van der Waals surface area contributed by atoms with E-state index in [1.165, 1.54) is 0 Å². The number of carboxylic acid groups (broad SMARTS) is 1. The van der Waals surface area contributed by atoms with Gasteiger partial charge in [-0.3, -0.25) is 9.69 Å². The van der Waals surface area contributed by atoms with Crippen LogP contribution in [0.5, 0.6) is 0 Å². The van der Waals surface area contributed by atoms with Crippen LogP contribution in [0.15, 0.2) is 18.7 Å². The van der Waals surface area contributed by atoms with E-state index < -0.39 is 5.97 Å². The van der Waals surface area contributed by atoms with Gasteiger partial charge < -0.3 is 15.4 Å². The van der Waals surface area contributed by atoms with Crippen LogP contribution in [-0.2, 0) is 11.3 Å². The van der Waals surface area contributed by atoms with Gasteiger partial charge >= 0.3 is 5.97 Å². The zero-order valence-corrected chi connectivity index (χ0v) is 12.0. The maximum Gasteiger partial charge on any atom is 0.306 e. The summed E-state index contributed by atoms with van der Waals surface area (Å²) in [7, 11) is 0. The molecule has 20 heavy (non-hydrogen) atoms. The third-order valence-electron chi connectivity index (χ3n) is 4.38. The molecule has 0 amide bonds. The lowest BCUT2D eigenvalue weighted by Gasteiger charge is -2.37. The first-order valence-corrected chi connectivity index (χ1v) is 7.26. The van der Waals surface area contributed by atoms with Crippen molar-refractivity contribution in [3.8, 4) is 0 Å². The van der Waals surface area contributed by atoms with Crippen molar-refractivity contribution in [3.63, 3.8) is 0 Å². The second-order valence-corrected chi connectivity index (χ2v) is 5.66. The molecule has 6 heteroatoms. The van der Waals surface area contributed by atoms with Crippen molar-refractivity contribution in [2.24, 2.45) is 17.6 Å². The summed E-state index contributed by atoms with van der Waals surface area (Å²) < 4.78 is 2.03. The summed E-state index contributed by atoms with van der Waals surface area (Å²) in [5.41, 5.74) is 6.22. The normalized spacial score (nSPS) is 20.7. The van der Waals surface area contributed by atoms with Crippen molar-refractivity contribution in [3.05, 3.63) is 18.7 Å². The molecule has 1 fully saturated rings. The van der Waals surface area contributed by atoms with Gasteiger partial charge in [-0.2, -0.15) is 0 Å². The van der Waals surface area contributed by atoms with Crippen LogP contribution in [0.1, 0.15) is 26.2 Å². The minimum absolute atomic E-state index is 0.0403. The van der Waals surface area contributed by atoms with Gasteiger partial charge in [-0.25, -0.2) is 4.98 Å². The number of hydrogen-bond acceptors (Lipinski definition) is 4. The number of rotatable bonds is 6. The Balaban J connectivity index is 1.74. The number of nitrogens with two attached hydrogens (primary N) is 1. The summed E-state index contributed by atoms with van der Waals surface area (Å²) in [5, 5.41) is 9.05. The average molecular weight is 280 g/mol. The standard InChI is InChI=1S/C14H24N4O2/c1-11(14(19)20)12-2-7-18(8-3-12)13(15)4-6-17-9-5-16-10-17/h5,9-13H,2-4,6-8,15H2,1H3,(H,19,20). The van der Waals surface area contributed by atoms with Crippen LogP contribution < -0.4 is 5.73 Å². The lowest BCUT2D eigenvalue weighted by molar-refractivity contribution is -0.143. The third kappa shape index (κ3) is 3.80. The monoisotopic (exact) mass is 280 g/mol. The van der Waals surface area contributed by atoms with E-state index in [4.69, 9.17) is 10.8 Å². The molecule has 2 heterocycles. The smallest absolute Gasteiger partial charge is 0.306 e. The van der Waals surface area contributed by atoms with Gasteiger partial charge in [0, 0.05) is 18.9 Å². The molecule has 1 saturated heterocycles. The van der Waals surface area contributed by atoms with Gasteiger partial charge in [-0.05, 0) is 38.3 Å². The van der Waals surface area contributed by atoms with E-state index in [9.17, 15) is 4.79 Å². The molecule has 3 N–H and O–H groups in total. The molecule has 112 valence electrons. The first kappa shape index (κ1) is 15.0. The Morgan fingerprint density at radius 3 is 2.75 bits per heavy atom. The highest BCUT2D eigenvalue weighted by atomic mass is 16.4. The molecule has 0 aromatic carbocycles. The lowest BCUT2D eigenvalue weighted by atomic mass is 9.85. The predicted octanol–water partition coefficient (Wildman–Crippen LogP) is 0.991. The molecular formula is C14H24N4O2. The van der Waals surface area contributed by atoms with E-state index in [1.54, 1.807) is 12.5 Å². The minimum Gasteiger partial charge on any atom is -0.481 e. The molecule has 0 spiro atoms. The Morgan fingerprint density at radius 1 is 1.50 bits per heavy atom. The van der Waals surface area contributed by atoms with Gasteiger partial charge in [0.1, 0.15) is 0 Å². The summed E-state index contributed by atoms with van der Waals surface area (Å²) in [6.45, 7) is 4.47. The summed E-state index contributed by atoms with van der Waals surface area (Å²) in [6.07, 6.45) is 8.28. The molecule has 2 atom stereocenters. The first-order valence-electron chi connectivity index (χ1n) is 7.26. The molecule has 1 aromatic rings. The lowest BCUT2D eigenvalue weighted by Crippen LogP contribution is -2.47. The fraction of sp³-hybridized carbons (Fsp3) is 0.714. The van der Waals surface area contributed by atoms with Crippen molar-refractivity contribution in [1.29, 1.82) is 0 Å². The van der Waals surface area contributed by atoms with Gasteiger partial charge in [0.15, 0.2) is 0 Å². The number of piperidine rings is 1. The highest BCUT2D eigenvalue weighted by molar-refractivity contribution is 5.69. The fourth-order valence-electron chi connectivity index (χ4n) is 2.84. The van der Waals surface area contributed by atoms with Gasteiger partial charge in [-0.15, -0.1) is 0 Å². The highest BCUT2D eigenvalue weighted by Gasteiger charge is 2.29. The van der Waals surface area contributed by atoms with Crippen molar-refractivity contribution >= 4 is 5.97 Å². The predicted molar refractivity (Wildman–Crippen MR) is 75.9 cm³/mol. The van der Waals surface area contributed by atoms with Crippen LogP contribution in [-0.4, -0.2) is 44.8 Å². The first-order chi connectivity index (χ1) is 9.58. The van der Waals surface area contributed by atoms with Crippen molar-refractivity contribution < 1.29 is 9.90 Å². The maximum absolute atomic E-state index is 11.0. The number of imidazole rings is 1. The summed E-state index contributed by atoms with van der Waals surface area (Å²) in [6, 6.07) is 0. The van der Waals surface area contributed by atoms with Crippen LogP contribution >= 0.6 is 0 Å². The van der Waals surface area contributed by atoms with E-state index in [-0.39, 0.29) is 18.0 Å². The van der Waals surface area contributed by atoms with E-state index in [0.29, 0.717) is 0 Å². The Hall–Kier alpha value is -1.40. The topological polar surface area (TPSA) is 84.4 Å². The quantitative estimate of drug-likeness (QED) is 0.812. The maximum atomic E-state index is 11.0. The largest absolute Gasteiger partial charge is 0.481 e. The number of aryl methyl sites for hydroxylation is 1. The molecule has 1 aliphatic heterocycles. The van der Waals surface area contributed by atoms with Gasteiger partial charge in [0.2, 0.25) is 0 Å². The van der Waals surface area contributed by atoms with Crippen LogP contribution in [0, 0.1) is 11.8 Å². The number of carboxylic acids is 1. The summed E-state index contributed by atoms with van der Waals surface area (Å²) in [4.78, 5) is 17.3. The minimum atomic E-state index is -0.687. The van der Waals surface area contributed by atoms with Crippen LogP contribution in [0.25, 0.3) is 0 Å². The number of aliphatic carboxylic acids is 1. The van der Waals surface area contributed by atoms with Crippen molar-refractivity contribution in [2.45, 2.75) is 38.9 Å². The molecule has 0 bridgehead atoms. The number of nitrogens with zero attached hydrogens (tertiary/aromatic N) is 3. The molecule has 0 saturated carbocycles. The Morgan fingerprint density at radius 2 is 2.20 bits per heavy atom. The van der Waals surface area contributed by atoms with Crippen molar-refractivity contribution in [1.82, 2.24) is 14.5 Å². The Kier molecular flexibility index (Phi) is 5.14. The molecule has 0 aliphatic carbocycles. The molecule has 6 nitrogen and oxygen atoms in total. The zero-order valence-electron chi connectivity index (χ0n) is 12.0. The fourth-order valence-corrected chi connectivity index (χ4v) is 2.84. The number of aromatic nitrogens is 2. The third-order valence-corrected chi connectivity index (χ3v) is 4.38. The molecule has 1 aliphatic rings. The van der Waals surface area contributed by atoms with E-state index in [1.807, 2.05) is 17.7 Å². The summed E-state index contributed by atoms with van der Waals surface area (Å²) >= 11 is 0. The van der Waals surface area contributed by atoms with Gasteiger partial charge in [0.05, 0.1) is 18.4 Å².